The van der Waals surface area contributed by atoms with Gasteiger partial charge in [-0.2, -0.15) is 0 Å². The van der Waals surface area contributed by atoms with Crippen LogP contribution >= 0.6 is 0 Å². The van der Waals surface area contributed by atoms with E-state index in [9.17, 15) is 4.79 Å². The second kappa shape index (κ2) is 5.40. The minimum atomic E-state index is -0.0508. The average Bonchev–Trinajstić information content (AvgIpc) is 2.85. The second-order valence-corrected chi connectivity index (χ2v) is 5.23. The number of fused-ring (bicyclic) bond motifs is 1. The van der Waals surface area contributed by atoms with E-state index in [1.807, 2.05) is 54.8 Å². The molecule has 0 spiro atoms. The van der Waals surface area contributed by atoms with Crippen molar-refractivity contribution in [2.45, 2.75) is 20.4 Å². The van der Waals surface area contributed by atoms with Gasteiger partial charge in [0.25, 0.3) is 0 Å². The summed E-state index contributed by atoms with van der Waals surface area (Å²) in [6.45, 7) is 4.29. The highest BCUT2D eigenvalue weighted by molar-refractivity contribution is 5.92. The molecule has 21 heavy (non-hydrogen) atoms. The lowest BCUT2D eigenvalue weighted by Crippen LogP contribution is -2.18. The van der Waals surface area contributed by atoms with Crippen LogP contribution in [0.15, 0.2) is 48.8 Å². The number of nitrogens with one attached hydrogen (secondary N) is 1. The number of amides is 1. The Hall–Kier alpha value is -2.62. The molecule has 0 saturated carbocycles. The van der Waals surface area contributed by atoms with Gasteiger partial charge in [-0.3, -0.25) is 4.79 Å². The van der Waals surface area contributed by atoms with Gasteiger partial charge in [-0.1, -0.05) is 29.8 Å². The van der Waals surface area contributed by atoms with Crippen LogP contribution in [-0.4, -0.2) is 15.5 Å². The molecular weight excluding hydrogens is 262 g/mol. The third kappa shape index (κ3) is 2.79. The Bertz CT molecular complexity index is 805. The molecule has 0 aliphatic carbocycles. The van der Waals surface area contributed by atoms with Crippen molar-refractivity contribution < 1.29 is 4.79 Å². The monoisotopic (exact) mass is 279 g/mol. The molecule has 1 aromatic heterocycles. The number of aromatic nitrogens is 2. The van der Waals surface area contributed by atoms with Gasteiger partial charge in [0.05, 0.1) is 17.4 Å². The van der Waals surface area contributed by atoms with E-state index in [-0.39, 0.29) is 12.5 Å². The Morgan fingerprint density at radius 1 is 1.19 bits per heavy atom. The summed E-state index contributed by atoms with van der Waals surface area (Å²) in [7, 11) is 0. The van der Waals surface area contributed by atoms with Crippen LogP contribution in [0, 0.1) is 13.8 Å². The Balaban J connectivity index is 1.77. The summed E-state index contributed by atoms with van der Waals surface area (Å²) in [5.41, 5.74) is 4.98. The maximum absolute atomic E-state index is 12.2. The first-order valence-electron chi connectivity index (χ1n) is 6.90. The predicted octanol–water partition coefficient (Wildman–Crippen LogP) is 3.29. The van der Waals surface area contributed by atoms with E-state index in [0.29, 0.717) is 0 Å². The van der Waals surface area contributed by atoms with Crippen LogP contribution in [-0.2, 0) is 11.3 Å². The van der Waals surface area contributed by atoms with Gasteiger partial charge in [0.15, 0.2) is 0 Å². The molecular formula is C17H17N3O. The van der Waals surface area contributed by atoms with Crippen molar-refractivity contribution in [1.29, 1.82) is 0 Å². The first-order valence-corrected chi connectivity index (χ1v) is 6.90. The zero-order chi connectivity index (χ0) is 14.8. The lowest BCUT2D eigenvalue weighted by molar-refractivity contribution is -0.116. The first kappa shape index (κ1) is 13.4. The Labute approximate surface area is 123 Å². The van der Waals surface area contributed by atoms with Crippen molar-refractivity contribution in [2.24, 2.45) is 0 Å². The number of hydrogen-bond acceptors (Lipinski definition) is 2. The molecule has 0 aliphatic rings. The lowest BCUT2D eigenvalue weighted by atomic mass is 10.1. The van der Waals surface area contributed by atoms with E-state index < -0.39 is 0 Å². The van der Waals surface area contributed by atoms with Crippen molar-refractivity contribution >= 4 is 22.6 Å². The third-order valence-corrected chi connectivity index (χ3v) is 3.50. The minimum absolute atomic E-state index is 0.0508. The molecule has 0 aliphatic heterocycles. The predicted molar refractivity (Wildman–Crippen MR) is 84.3 cm³/mol. The summed E-state index contributed by atoms with van der Waals surface area (Å²) in [5.74, 6) is -0.0508. The molecule has 0 fully saturated rings. The summed E-state index contributed by atoms with van der Waals surface area (Å²) in [5, 5.41) is 2.95. The number of benzene rings is 2. The molecule has 1 amide bonds. The first-order chi connectivity index (χ1) is 10.1. The largest absolute Gasteiger partial charge is 0.324 e. The Morgan fingerprint density at radius 3 is 2.81 bits per heavy atom. The van der Waals surface area contributed by atoms with E-state index in [4.69, 9.17) is 0 Å². The fraction of sp³-hybridized carbons (Fsp3) is 0.176. The van der Waals surface area contributed by atoms with Crippen molar-refractivity contribution in [3.63, 3.8) is 0 Å². The van der Waals surface area contributed by atoms with Gasteiger partial charge in [-0.15, -0.1) is 0 Å². The normalized spacial score (nSPS) is 10.8. The van der Waals surface area contributed by atoms with Crippen LogP contribution in [0.2, 0.25) is 0 Å². The molecule has 2 aromatic carbocycles. The number of rotatable bonds is 3. The summed E-state index contributed by atoms with van der Waals surface area (Å²) < 4.78 is 1.86. The van der Waals surface area contributed by atoms with Crippen LogP contribution in [0.4, 0.5) is 5.69 Å². The quantitative estimate of drug-likeness (QED) is 0.799. The lowest BCUT2D eigenvalue weighted by Gasteiger charge is -2.10. The van der Waals surface area contributed by atoms with Crippen molar-refractivity contribution in [1.82, 2.24) is 9.55 Å². The standard InChI is InChI=1S/C17H17N3O/c1-12-7-8-14(13(2)9-12)19-17(21)10-20-11-18-15-5-3-4-6-16(15)20/h3-9,11H,10H2,1-2H3,(H,19,21). The number of carbonyl (C=O) groups is 1. The molecule has 0 saturated heterocycles. The van der Waals surface area contributed by atoms with E-state index in [1.165, 1.54) is 5.56 Å². The molecule has 4 heteroatoms. The number of para-hydroxylation sites is 2. The fourth-order valence-corrected chi connectivity index (χ4v) is 2.43. The number of hydrogen-bond donors (Lipinski definition) is 1. The number of anilines is 1. The smallest absolute Gasteiger partial charge is 0.244 e. The highest BCUT2D eigenvalue weighted by atomic mass is 16.1. The summed E-state index contributed by atoms with van der Waals surface area (Å²) in [6, 6.07) is 13.8. The van der Waals surface area contributed by atoms with E-state index in [0.717, 1.165) is 22.3 Å². The van der Waals surface area contributed by atoms with Gasteiger partial charge in [0, 0.05) is 5.69 Å². The number of nitrogens with zero attached hydrogens (tertiary/aromatic N) is 2. The molecule has 0 unspecified atom stereocenters. The van der Waals surface area contributed by atoms with Gasteiger partial charge in [-0.25, -0.2) is 4.98 Å². The van der Waals surface area contributed by atoms with Gasteiger partial charge < -0.3 is 9.88 Å². The maximum atomic E-state index is 12.2. The van der Waals surface area contributed by atoms with Gasteiger partial charge in [0.2, 0.25) is 5.91 Å². The second-order valence-electron chi connectivity index (χ2n) is 5.23. The number of imidazole rings is 1. The average molecular weight is 279 g/mol. The van der Waals surface area contributed by atoms with Crippen LogP contribution in [0.5, 0.6) is 0 Å². The van der Waals surface area contributed by atoms with Gasteiger partial charge >= 0.3 is 0 Å². The highest BCUT2D eigenvalue weighted by Crippen LogP contribution is 2.17. The summed E-state index contributed by atoms with van der Waals surface area (Å²) in [4.78, 5) is 16.5. The zero-order valence-corrected chi connectivity index (χ0v) is 12.1. The van der Waals surface area contributed by atoms with E-state index in [1.54, 1.807) is 6.33 Å². The van der Waals surface area contributed by atoms with Crippen molar-refractivity contribution in [3.8, 4) is 0 Å². The Morgan fingerprint density at radius 2 is 2.00 bits per heavy atom. The van der Waals surface area contributed by atoms with Crippen molar-refractivity contribution in [3.05, 3.63) is 59.9 Å². The van der Waals surface area contributed by atoms with E-state index >= 15 is 0 Å². The topological polar surface area (TPSA) is 46.9 Å². The van der Waals surface area contributed by atoms with Crippen LogP contribution in [0.25, 0.3) is 11.0 Å². The molecule has 3 aromatic rings. The third-order valence-electron chi connectivity index (χ3n) is 3.50. The molecule has 0 bridgehead atoms. The summed E-state index contributed by atoms with van der Waals surface area (Å²) in [6.07, 6.45) is 1.70. The molecule has 3 rings (SSSR count). The molecule has 4 nitrogen and oxygen atoms in total. The molecule has 106 valence electrons. The van der Waals surface area contributed by atoms with Crippen LogP contribution in [0.3, 0.4) is 0 Å². The van der Waals surface area contributed by atoms with E-state index in [2.05, 4.69) is 16.4 Å². The highest BCUT2D eigenvalue weighted by Gasteiger charge is 2.08. The zero-order valence-electron chi connectivity index (χ0n) is 12.1. The molecule has 1 heterocycles. The fourth-order valence-electron chi connectivity index (χ4n) is 2.43. The summed E-state index contributed by atoms with van der Waals surface area (Å²) >= 11 is 0. The number of aryl methyl sites for hydroxylation is 2. The minimum Gasteiger partial charge on any atom is -0.324 e. The van der Waals surface area contributed by atoms with Gasteiger partial charge in [0.1, 0.15) is 6.54 Å². The van der Waals surface area contributed by atoms with Crippen LogP contribution in [0.1, 0.15) is 11.1 Å². The van der Waals surface area contributed by atoms with Gasteiger partial charge in [-0.05, 0) is 37.6 Å². The van der Waals surface area contributed by atoms with Crippen molar-refractivity contribution in [2.75, 3.05) is 5.32 Å². The Kier molecular flexibility index (Phi) is 3.44. The SMILES string of the molecule is Cc1ccc(NC(=O)Cn2cnc3ccccc32)c(C)c1. The van der Waals surface area contributed by atoms with Crippen LogP contribution < -0.4 is 5.32 Å². The molecule has 0 radical (unpaired) electrons. The maximum Gasteiger partial charge on any atom is 0.244 e. The number of carbonyl (C=O) groups excluding carboxylic acids is 1. The molecule has 0 atom stereocenters. The molecule has 1 N–H and O–H groups in total.